The summed E-state index contributed by atoms with van der Waals surface area (Å²) >= 11 is 0. The van der Waals surface area contributed by atoms with Gasteiger partial charge in [-0.25, -0.2) is 17.8 Å². The van der Waals surface area contributed by atoms with Crippen LogP contribution in [0.2, 0.25) is 0 Å². The number of halogens is 1. The minimum Gasteiger partial charge on any atom is -0.479 e. The van der Waals surface area contributed by atoms with Gasteiger partial charge in [0.1, 0.15) is 0 Å². The summed E-state index contributed by atoms with van der Waals surface area (Å²) in [6.45, 7) is 4.56. The summed E-state index contributed by atoms with van der Waals surface area (Å²) in [5.74, 6) is -0.420. The minimum absolute atomic E-state index is 0.0357. The molecule has 0 aliphatic carbocycles. The molecule has 0 aromatic carbocycles. The number of methoxy groups -OCH3 is 1. The van der Waals surface area contributed by atoms with Crippen LogP contribution < -0.4 is 4.74 Å². The molecule has 0 unspecified atom stereocenters. The summed E-state index contributed by atoms with van der Waals surface area (Å²) in [6.07, 6.45) is 1.49. The molecule has 1 aliphatic heterocycles. The first-order valence-corrected chi connectivity index (χ1v) is 8.04. The molecule has 1 aromatic heterocycles. The third kappa shape index (κ3) is 2.78. The van der Waals surface area contributed by atoms with Crippen LogP contribution in [-0.4, -0.2) is 49.0 Å². The molecular weight excluding hydrogens is 283 g/mol. The Hall–Kier alpha value is -1.21. The zero-order valence-corrected chi connectivity index (χ0v) is 12.7. The number of nitrogens with zero attached hydrogens (tertiary/aromatic N) is 2. The average Bonchev–Trinajstić information content (AvgIpc) is 2.36. The van der Waals surface area contributed by atoms with Crippen molar-refractivity contribution >= 4 is 9.84 Å². The van der Waals surface area contributed by atoms with Crippen LogP contribution in [0.1, 0.15) is 19.4 Å². The van der Waals surface area contributed by atoms with Crippen molar-refractivity contribution in [2.75, 3.05) is 26.0 Å². The van der Waals surface area contributed by atoms with E-state index >= 15 is 0 Å². The predicted molar refractivity (Wildman–Crippen MR) is 73.9 cm³/mol. The zero-order chi connectivity index (χ0) is 15.0. The molecular formula is C13H19FN2O3S. The third-order valence-electron chi connectivity index (χ3n) is 3.65. The molecule has 7 heteroatoms. The Bertz CT molecular complexity index is 602. The van der Waals surface area contributed by atoms with E-state index in [2.05, 4.69) is 4.98 Å². The number of sulfone groups is 1. The first-order chi connectivity index (χ1) is 9.27. The fourth-order valence-corrected chi connectivity index (χ4v) is 3.77. The van der Waals surface area contributed by atoms with Gasteiger partial charge >= 0.3 is 0 Å². The van der Waals surface area contributed by atoms with Crippen molar-refractivity contribution in [3.8, 4) is 5.88 Å². The molecule has 5 nitrogen and oxygen atoms in total. The van der Waals surface area contributed by atoms with Crippen LogP contribution in [0.3, 0.4) is 0 Å². The van der Waals surface area contributed by atoms with Gasteiger partial charge in [0.25, 0.3) is 0 Å². The molecule has 2 heterocycles. The van der Waals surface area contributed by atoms with Crippen LogP contribution in [0.5, 0.6) is 5.88 Å². The van der Waals surface area contributed by atoms with E-state index in [0.717, 1.165) is 0 Å². The Balaban J connectivity index is 2.17. The lowest BCUT2D eigenvalue weighted by atomic mass is 10.1. The molecule has 1 saturated heterocycles. The van der Waals surface area contributed by atoms with Gasteiger partial charge in [-0.05, 0) is 19.9 Å². The van der Waals surface area contributed by atoms with E-state index in [9.17, 15) is 12.8 Å². The summed E-state index contributed by atoms with van der Waals surface area (Å²) in [5.41, 5.74) is 0.465. The maximum Gasteiger partial charge on any atom is 0.250 e. The molecule has 1 aliphatic rings. The van der Waals surface area contributed by atoms with Crippen LogP contribution in [0.4, 0.5) is 4.39 Å². The summed E-state index contributed by atoms with van der Waals surface area (Å²) in [7, 11) is -1.71. The van der Waals surface area contributed by atoms with E-state index in [1.165, 1.54) is 13.3 Å². The quantitative estimate of drug-likeness (QED) is 0.841. The van der Waals surface area contributed by atoms with Gasteiger partial charge < -0.3 is 4.74 Å². The van der Waals surface area contributed by atoms with E-state index in [0.29, 0.717) is 25.2 Å². The lowest BCUT2D eigenvalue weighted by Gasteiger charge is -2.37. The van der Waals surface area contributed by atoms with Crippen molar-refractivity contribution in [3.63, 3.8) is 0 Å². The van der Waals surface area contributed by atoms with Gasteiger partial charge in [-0.3, -0.25) is 4.90 Å². The molecule has 0 bridgehead atoms. The number of ether oxygens (including phenoxy) is 1. The van der Waals surface area contributed by atoms with Crippen LogP contribution in [0.15, 0.2) is 12.3 Å². The molecule has 0 saturated carbocycles. The third-order valence-corrected chi connectivity index (χ3v) is 6.18. The monoisotopic (exact) mass is 302 g/mol. The Morgan fingerprint density at radius 1 is 1.50 bits per heavy atom. The number of hydrogen-bond acceptors (Lipinski definition) is 5. The summed E-state index contributed by atoms with van der Waals surface area (Å²) in [5, 5.41) is 0. The number of rotatable bonds is 3. The molecule has 20 heavy (non-hydrogen) atoms. The Kier molecular flexibility index (Phi) is 4.02. The van der Waals surface area contributed by atoms with Gasteiger partial charge in [-0.2, -0.15) is 0 Å². The Morgan fingerprint density at radius 3 is 2.80 bits per heavy atom. The highest BCUT2D eigenvalue weighted by molar-refractivity contribution is 7.92. The van der Waals surface area contributed by atoms with Gasteiger partial charge in [0.2, 0.25) is 5.88 Å². The lowest BCUT2D eigenvalue weighted by molar-refractivity contribution is 0.237. The lowest BCUT2D eigenvalue weighted by Crippen LogP contribution is -2.52. The Labute approximate surface area is 118 Å². The minimum atomic E-state index is -3.08. The van der Waals surface area contributed by atoms with Gasteiger partial charge in [0.15, 0.2) is 15.7 Å². The summed E-state index contributed by atoms with van der Waals surface area (Å²) in [6, 6.07) is 1.59. The van der Waals surface area contributed by atoms with Crippen molar-refractivity contribution < 1.29 is 17.5 Å². The van der Waals surface area contributed by atoms with Crippen LogP contribution in [0, 0.1) is 5.82 Å². The highest BCUT2D eigenvalue weighted by atomic mass is 32.2. The molecule has 112 valence electrons. The largest absolute Gasteiger partial charge is 0.479 e. The van der Waals surface area contributed by atoms with E-state index < -0.39 is 20.4 Å². The maximum absolute atomic E-state index is 14.0. The van der Waals surface area contributed by atoms with Gasteiger partial charge in [0.05, 0.1) is 17.6 Å². The van der Waals surface area contributed by atoms with Crippen molar-refractivity contribution in [2.24, 2.45) is 0 Å². The molecule has 0 amide bonds. The van der Waals surface area contributed by atoms with Gasteiger partial charge in [-0.1, -0.05) is 0 Å². The highest BCUT2D eigenvalue weighted by Gasteiger charge is 2.40. The summed E-state index contributed by atoms with van der Waals surface area (Å²) in [4.78, 5) is 5.73. The molecule has 0 atom stereocenters. The second-order valence-electron chi connectivity index (χ2n) is 5.58. The van der Waals surface area contributed by atoms with Crippen molar-refractivity contribution in [2.45, 2.75) is 25.1 Å². The van der Waals surface area contributed by atoms with Crippen molar-refractivity contribution in [1.29, 1.82) is 0 Å². The second kappa shape index (κ2) is 5.29. The average molecular weight is 302 g/mol. The first-order valence-electron chi connectivity index (χ1n) is 6.39. The molecule has 1 aromatic rings. The SMILES string of the molecule is COc1nccc(CN2CCS(=O)(=O)C(C)(C)C2)c1F. The van der Waals surface area contributed by atoms with Crippen LogP contribution in [0.25, 0.3) is 0 Å². The van der Waals surface area contributed by atoms with E-state index in [4.69, 9.17) is 4.74 Å². The normalized spacial score (nSPS) is 21.6. The Morgan fingerprint density at radius 2 is 2.20 bits per heavy atom. The smallest absolute Gasteiger partial charge is 0.250 e. The zero-order valence-electron chi connectivity index (χ0n) is 11.9. The molecule has 2 rings (SSSR count). The summed E-state index contributed by atoms with van der Waals surface area (Å²) < 4.78 is 42.0. The van der Waals surface area contributed by atoms with Crippen molar-refractivity contribution in [3.05, 3.63) is 23.6 Å². The van der Waals surface area contributed by atoms with Gasteiger partial charge in [-0.15, -0.1) is 0 Å². The van der Waals surface area contributed by atoms with E-state index in [-0.39, 0.29) is 11.6 Å². The highest BCUT2D eigenvalue weighted by Crippen LogP contribution is 2.26. The van der Waals surface area contributed by atoms with Crippen LogP contribution >= 0.6 is 0 Å². The number of aromatic nitrogens is 1. The fourth-order valence-electron chi connectivity index (χ4n) is 2.34. The topological polar surface area (TPSA) is 59.5 Å². The molecule has 0 N–H and O–H groups in total. The van der Waals surface area contributed by atoms with E-state index in [1.807, 2.05) is 4.90 Å². The fraction of sp³-hybridized carbons (Fsp3) is 0.615. The number of hydrogen-bond donors (Lipinski definition) is 0. The standard InChI is InChI=1S/C13H19FN2O3S/c1-13(2)9-16(6-7-20(13,17)18)8-10-4-5-15-12(19-3)11(10)14/h4-5H,6-9H2,1-3H3. The van der Waals surface area contributed by atoms with Gasteiger partial charge in [0, 0.05) is 31.4 Å². The molecule has 0 radical (unpaired) electrons. The number of pyridine rings is 1. The second-order valence-corrected chi connectivity index (χ2v) is 8.33. The maximum atomic E-state index is 14.0. The van der Waals surface area contributed by atoms with E-state index in [1.54, 1.807) is 19.9 Å². The molecule has 1 fully saturated rings. The molecule has 0 spiro atoms. The van der Waals surface area contributed by atoms with Crippen molar-refractivity contribution in [1.82, 2.24) is 9.88 Å². The predicted octanol–water partition coefficient (Wildman–Crippen LogP) is 1.24. The van der Waals surface area contributed by atoms with Crippen LogP contribution in [-0.2, 0) is 16.4 Å². The first kappa shape index (κ1) is 15.2.